The lowest BCUT2D eigenvalue weighted by Crippen LogP contribution is -2.13. The third-order valence-corrected chi connectivity index (χ3v) is 3.32. The van der Waals surface area contributed by atoms with E-state index in [9.17, 15) is 9.59 Å². The van der Waals surface area contributed by atoms with Crippen molar-refractivity contribution in [3.8, 4) is 0 Å². The number of unbranched alkanes of at least 4 members (excludes halogenated alkanes) is 1. The lowest BCUT2D eigenvalue weighted by atomic mass is 10.2. The van der Waals surface area contributed by atoms with E-state index in [0.29, 0.717) is 52.1 Å². The highest BCUT2D eigenvalue weighted by atomic mass is 16.6. The fourth-order valence-corrected chi connectivity index (χ4v) is 2.00. The first-order valence-corrected chi connectivity index (χ1v) is 8.73. The van der Waals surface area contributed by atoms with E-state index >= 15 is 0 Å². The molecule has 0 atom stereocenters. The zero-order chi connectivity index (χ0) is 18.2. The molecule has 0 fully saturated rings. The lowest BCUT2D eigenvalue weighted by Gasteiger charge is -2.07. The molecule has 0 amide bonds. The Morgan fingerprint density at radius 1 is 0.800 bits per heavy atom. The molecule has 0 saturated heterocycles. The number of hydrogen-bond acceptors (Lipinski definition) is 6. The summed E-state index contributed by atoms with van der Waals surface area (Å²) in [4.78, 5) is 23.1. The largest absolute Gasteiger partial charge is 0.463 e. The number of esters is 2. The zero-order valence-corrected chi connectivity index (χ0v) is 14.9. The number of ether oxygens (including phenoxy) is 4. The molecule has 6 nitrogen and oxygen atoms in total. The minimum absolute atomic E-state index is 0.240. The van der Waals surface area contributed by atoms with Gasteiger partial charge >= 0.3 is 11.9 Å². The van der Waals surface area contributed by atoms with Gasteiger partial charge in [-0.15, -0.1) is 0 Å². The van der Waals surface area contributed by atoms with E-state index in [2.05, 4.69) is 0 Å². The standard InChI is InChI=1S/C19H28O6/c1-2-22-12-13-23-14-15-24-18(20)10-6-7-11-19(21)25-16-17-8-4-3-5-9-17/h3-5,8-9H,2,6-7,10-16H2,1H3. The van der Waals surface area contributed by atoms with Crippen molar-refractivity contribution in [2.45, 2.75) is 39.2 Å². The topological polar surface area (TPSA) is 71.1 Å². The maximum Gasteiger partial charge on any atom is 0.306 e. The Morgan fingerprint density at radius 2 is 1.40 bits per heavy atom. The molecule has 0 saturated carbocycles. The van der Waals surface area contributed by atoms with Crippen LogP contribution in [-0.4, -0.2) is 45.0 Å². The number of carbonyl (C=O) groups is 2. The van der Waals surface area contributed by atoms with Crippen LogP contribution in [0.2, 0.25) is 0 Å². The molecule has 1 aromatic rings. The second-order valence-electron chi connectivity index (χ2n) is 5.38. The number of rotatable bonds is 14. The van der Waals surface area contributed by atoms with Gasteiger partial charge in [0, 0.05) is 19.4 Å². The summed E-state index contributed by atoms with van der Waals surface area (Å²) in [5.41, 5.74) is 0.961. The van der Waals surface area contributed by atoms with Gasteiger partial charge in [-0.25, -0.2) is 0 Å². The highest BCUT2D eigenvalue weighted by Gasteiger charge is 2.06. The van der Waals surface area contributed by atoms with E-state index in [-0.39, 0.29) is 25.2 Å². The van der Waals surface area contributed by atoms with Crippen LogP contribution >= 0.6 is 0 Å². The van der Waals surface area contributed by atoms with Gasteiger partial charge in [0.1, 0.15) is 13.2 Å². The van der Waals surface area contributed by atoms with Crippen LogP contribution in [-0.2, 0) is 35.1 Å². The van der Waals surface area contributed by atoms with Crippen LogP contribution in [0.25, 0.3) is 0 Å². The van der Waals surface area contributed by atoms with Gasteiger partial charge in [0.25, 0.3) is 0 Å². The third-order valence-electron chi connectivity index (χ3n) is 3.32. The molecule has 0 aliphatic heterocycles. The van der Waals surface area contributed by atoms with E-state index in [4.69, 9.17) is 18.9 Å². The van der Waals surface area contributed by atoms with Crippen molar-refractivity contribution in [2.75, 3.05) is 33.0 Å². The van der Waals surface area contributed by atoms with Crippen LogP contribution in [0.4, 0.5) is 0 Å². The molecule has 0 bridgehead atoms. The van der Waals surface area contributed by atoms with E-state index in [1.54, 1.807) is 0 Å². The summed E-state index contributed by atoms with van der Waals surface area (Å²) >= 11 is 0. The van der Waals surface area contributed by atoms with Gasteiger partial charge in [0.05, 0.1) is 19.8 Å². The van der Waals surface area contributed by atoms with Gasteiger partial charge in [-0.1, -0.05) is 30.3 Å². The van der Waals surface area contributed by atoms with Gasteiger partial charge in [0.15, 0.2) is 0 Å². The summed E-state index contributed by atoms with van der Waals surface area (Å²) in [7, 11) is 0. The van der Waals surface area contributed by atoms with Crippen LogP contribution in [0.3, 0.4) is 0 Å². The molecular weight excluding hydrogens is 324 g/mol. The van der Waals surface area contributed by atoms with Gasteiger partial charge in [-0.3, -0.25) is 9.59 Å². The van der Waals surface area contributed by atoms with Crippen LogP contribution in [0, 0.1) is 0 Å². The molecule has 0 spiro atoms. The Kier molecular flexibility index (Phi) is 12.2. The number of carbonyl (C=O) groups excluding carboxylic acids is 2. The normalized spacial score (nSPS) is 10.4. The first kappa shape index (κ1) is 21.1. The fraction of sp³-hybridized carbons (Fsp3) is 0.579. The molecule has 0 aliphatic rings. The SMILES string of the molecule is CCOCCOCCOC(=O)CCCCC(=O)OCc1ccccc1. The van der Waals surface area contributed by atoms with Crippen molar-refractivity contribution in [3.05, 3.63) is 35.9 Å². The molecule has 0 aliphatic carbocycles. The third kappa shape index (κ3) is 12.1. The van der Waals surface area contributed by atoms with Crippen molar-refractivity contribution < 1.29 is 28.5 Å². The number of benzene rings is 1. The van der Waals surface area contributed by atoms with Gasteiger partial charge in [-0.2, -0.15) is 0 Å². The highest BCUT2D eigenvalue weighted by Crippen LogP contribution is 2.06. The van der Waals surface area contributed by atoms with Crippen molar-refractivity contribution in [3.63, 3.8) is 0 Å². The van der Waals surface area contributed by atoms with Gasteiger partial charge in [-0.05, 0) is 25.3 Å². The van der Waals surface area contributed by atoms with Crippen molar-refractivity contribution >= 4 is 11.9 Å². The molecular formula is C19H28O6. The van der Waals surface area contributed by atoms with Gasteiger partial charge in [0.2, 0.25) is 0 Å². The van der Waals surface area contributed by atoms with Crippen LogP contribution in [0.1, 0.15) is 38.2 Å². The van der Waals surface area contributed by atoms with Crippen molar-refractivity contribution in [1.82, 2.24) is 0 Å². The first-order chi connectivity index (χ1) is 12.2. The van der Waals surface area contributed by atoms with Crippen LogP contribution in [0.15, 0.2) is 30.3 Å². The molecule has 6 heteroatoms. The molecule has 0 N–H and O–H groups in total. The maximum absolute atomic E-state index is 11.6. The van der Waals surface area contributed by atoms with E-state index in [1.165, 1.54) is 0 Å². The Balaban J connectivity index is 1.92. The fourth-order valence-electron chi connectivity index (χ4n) is 2.00. The van der Waals surface area contributed by atoms with Crippen LogP contribution < -0.4 is 0 Å². The quantitative estimate of drug-likeness (QED) is 0.379. The summed E-state index contributed by atoms with van der Waals surface area (Å²) < 4.78 is 20.6. The minimum Gasteiger partial charge on any atom is -0.463 e. The maximum atomic E-state index is 11.6. The van der Waals surface area contributed by atoms with E-state index in [0.717, 1.165) is 5.56 Å². The summed E-state index contributed by atoms with van der Waals surface area (Å²) in [6.45, 7) is 4.52. The number of hydrogen-bond donors (Lipinski definition) is 0. The molecule has 0 radical (unpaired) electrons. The molecule has 0 aromatic heterocycles. The summed E-state index contributed by atoms with van der Waals surface area (Å²) in [5, 5.41) is 0. The Labute approximate surface area is 149 Å². The lowest BCUT2D eigenvalue weighted by molar-refractivity contribution is -0.147. The summed E-state index contributed by atoms with van der Waals surface area (Å²) in [6, 6.07) is 9.53. The molecule has 1 rings (SSSR count). The summed E-state index contributed by atoms with van der Waals surface area (Å²) in [5.74, 6) is -0.522. The minimum atomic E-state index is -0.272. The molecule has 25 heavy (non-hydrogen) atoms. The molecule has 140 valence electrons. The Hall–Kier alpha value is -1.92. The van der Waals surface area contributed by atoms with Crippen molar-refractivity contribution in [2.24, 2.45) is 0 Å². The zero-order valence-electron chi connectivity index (χ0n) is 14.9. The Bertz CT molecular complexity index is 474. The van der Waals surface area contributed by atoms with Crippen molar-refractivity contribution in [1.29, 1.82) is 0 Å². The molecule has 0 unspecified atom stereocenters. The predicted molar refractivity (Wildman–Crippen MR) is 93.0 cm³/mol. The Morgan fingerprint density at radius 3 is 2.08 bits per heavy atom. The average Bonchev–Trinajstić information content (AvgIpc) is 2.63. The monoisotopic (exact) mass is 352 g/mol. The van der Waals surface area contributed by atoms with Gasteiger partial charge < -0.3 is 18.9 Å². The molecule has 0 heterocycles. The van der Waals surface area contributed by atoms with Crippen LogP contribution in [0.5, 0.6) is 0 Å². The first-order valence-electron chi connectivity index (χ1n) is 8.73. The second kappa shape index (κ2) is 14.4. The van der Waals surface area contributed by atoms with E-state index < -0.39 is 0 Å². The second-order valence-corrected chi connectivity index (χ2v) is 5.38. The summed E-state index contributed by atoms with van der Waals surface area (Å²) in [6.07, 6.45) is 1.81. The smallest absolute Gasteiger partial charge is 0.306 e. The molecule has 1 aromatic carbocycles. The van der Waals surface area contributed by atoms with E-state index in [1.807, 2.05) is 37.3 Å². The highest BCUT2D eigenvalue weighted by molar-refractivity contribution is 5.70. The average molecular weight is 352 g/mol. The predicted octanol–water partition coefficient (Wildman–Crippen LogP) is 2.89.